The van der Waals surface area contributed by atoms with Crippen LogP contribution in [0.3, 0.4) is 0 Å². The number of nitriles is 1. The smallest absolute Gasteiger partial charge is 0.231 e. The van der Waals surface area contributed by atoms with Gasteiger partial charge in [0, 0.05) is 23.3 Å². The molecule has 1 aliphatic carbocycles. The van der Waals surface area contributed by atoms with Gasteiger partial charge in [-0.15, -0.1) is 0 Å². The van der Waals surface area contributed by atoms with Crippen LogP contribution in [0.2, 0.25) is 0 Å². The van der Waals surface area contributed by atoms with Crippen LogP contribution < -0.4 is 20.1 Å². The predicted molar refractivity (Wildman–Crippen MR) is 113 cm³/mol. The third-order valence-corrected chi connectivity index (χ3v) is 5.74. The fourth-order valence-electron chi connectivity index (χ4n) is 4.43. The molecule has 9 heteroatoms. The molecule has 1 aliphatic heterocycles. The number of ketones is 1. The molecule has 1 atom stereocenters. The first-order valence-electron chi connectivity index (χ1n) is 9.84. The Hall–Kier alpha value is -3.80. The highest BCUT2D eigenvalue weighted by atomic mass is 16.5. The monoisotopic (exact) mass is 420 g/mol. The summed E-state index contributed by atoms with van der Waals surface area (Å²) in [5.41, 5.74) is 8.39. The van der Waals surface area contributed by atoms with Gasteiger partial charge in [0.15, 0.2) is 5.78 Å². The molecule has 0 amide bonds. The van der Waals surface area contributed by atoms with Crippen molar-refractivity contribution in [2.24, 2.45) is 11.1 Å². The number of aromatic amines is 1. The summed E-state index contributed by atoms with van der Waals surface area (Å²) in [6, 6.07) is 7.55. The van der Waals surface area contributed by atoms with E-state index in [-0.39, 0.29) is 22.6 Å². The first-order chi connectivity index (χ1) is 14.8. The molecule has 9 nitrogen and oxygen atoms in total. The molecule has 4 rings (SSSR count). The van der Waals surface area contributed by atoms with Gasteiger partial charge in [0.2, 0.25) is 5.95 Å². The Bertz CT molecular complexity index is 1140. The first kappa shape index (κ1) is 20.5. The molecule has 0 fully saturated rings. The van der Waals surface area contributed by atoms with Crippen molar-refractivity contribution in [3.8, 4) is 17.6 Å². The molecule has 3 N–H and O–H groups in total. The summed E-state index contributed by atoms with van der Waals surface area (Å²) in [7, 11) is 3.11. The lowest BCUT2D eigenvalue weighted by atomic mass is 9.68. The highest BCUT2D eigenvalue weighted by molar-refractivity contribution is 6.01. The maximum Gasteiger partial charge on any atom is 0.231 e. The van der Waals surface area contributed by atoms with Gasteiger partial charge in [-0.1, -0.05) is 13.8 Å². The summed E-state index contributed by atoms with van der Waals surface area (Å²) in [4.78, 5) is 19.4. The Kier molecular flexibility index (Phi) is 4.93. The van der Waals surface area contributed by atoms with Gasteiger partial charge >= 0.3 is 0 Å². The molecular weight excluding hydrogens is 396 g/mol. The number of anilines is 1. The number of carbonyl (C=O) groups is 1. The van der Waals surface area contributed by atoms with Crippen LogP contribution in [0.1, 0.15) is 38.2 Å². The van der Waals surface area contributed by atoms with Crippen molar-refractivity contribution < 1.29 is 14.3 Å². The number of nitrogens with zero attached hydrogens (tertiary/aromatic N) is 4. The molecule has 160 valence electrons. The zero-order chi connectivity index (χ0) is 22.3. The second-order valence-corrected chi connectivity index (χ2v) is 8.40. The van der Waals surface area contributed by atoms with E-state index in [1.807, 2.05) is 13.8 Å². The quantitative estimate of drug-likeness (QED) is 0.772. The van der Waals surface area contributed by atoms with E-state index in [1.54, 1.807) is 37.3 Å². The minimum Gasteiger partial charge on any atom is -0.497 e. The van der Waals surface area contributed by atoms with Crippen LogP contribution in [0.15, 0.2) is 47.2 Å². The zero-order valence-electron chi connectivity index (χ0n) is 17.9. The zero-order valence-corrected chi connectivity index (χ0v) is 17.9. The van der Waals surface area contributed by atoms with Crippen LogP contribution in [0.25, 0.3) is 0 Å². The summed E-state index contributed by atoms with van der Waals surface area (Å²) in [6.45, 7) is 4.07. The van der Waals surface area contributed by atoms with Crippen molar-refractivity contribution in [3.63, 3.8) is 0 Å². The fraction of sp³-hybridized carbons (Fsp3) is 0.364. The summed E-state index contributed by atoms with van der Waals surface area (Å²) < 4.78 is 11.0. The molecule has 2 aliphatic rings. The average molecular weight is 420 g/mol. The van der Waals surface area contributed by atoms with Crippen LogP contribution in [-0.4, -0.2) is 35.2 Å². The largest absolute Gasteiger partial charge is 0.497 e. The molecule has 31 heavy (non-hydrogen) atoms. The maximum absolute atomic E-state index is 13.5. The number of hydrogen-bond donors (Lipinski definition) is 2. The lowest BCUT2D eigenvalue weighted by molar-refractivity contribution is -0.118. The number of H-pyrrole nitrogens is 1. The van der Waals surface area contributed by atoms with Crippen molar-refractivity contribution in [2.75, 3.05) is 19.1 Å². The number of nitrogens with two attached hydrogens (primary N) is 1. The topological polar surface area (TPSA) is 130 Å². The number of methoxy groups -OCH3 is 2. The molecule has 2 aromatic rings. The average Bonchev–Trinajstić information content (AvgIpc) is 3.25. The number of ether oxygens (including phenoxy) is 2. The molecule has 0 spiro atoms. The fourth-order valence-corrected chi connectivity index (χ4v) is 4.43. The first-order valence-corrected chi connectivity index (χ1v) is 9.84. The minimum absolute atomic E-state index is 0.0362. The van der Waals surface area contributed by atoms with E-state index >= 15 is 0 Å². The SMILES string of the molecule is COc1ccc(OC)c([C@@H]2C(C#N)=C(N)N(c3ncn[nH]3)C3=C2C(=O)CC(C)(C)C3)c1. The van der Waals surface area contributed by atoms with Crippen LogP contribution in [-0.2, 0) is 4.79 Å². The van der Waals surface area contributed by atoms with E-state index in [0.717, 1.165) is 0 Å². The maximum atomic E-state index is 13.5. The predicted octanol–water partition coefficient (Wildman–Crippen LogP) is 2.76. The Morgan fingerprint density at radius 1 is 1.29 bits per heavy atom. The molecule has 2 heterocycles. The third-order valence-electron chi connectivity index (χ3n) is 5.74. The van der Waals surface area contributed by atoms with Crippen molar-refractivity contribution in [3.05, 3.63) is 52.8 Å². The molecular formula is C22H24N6O3. The summed E-state index contributed by atoms with van der Waals surface area (Å²) in [5.74, 6) is 0.996. The summed E-state index contributed by atoms with van der Waals surface area (Å²) in [5, 5.41) is 16.8. The number of hydrogen-bond acceptors (Lipinski definition) is 8. The molecule has 0 bridgehead atoms. The Morgan fingerprint density at radius 2 is 2.06 bits per heavy atom. The van der Waals surface area contributed by atoms with Gasteiger partial charge in [0.05, 0.1) is 31.8 Å². The summed E-state index contributed by atoms with van der Waals surface area (Å²) >= 11 is 0. The lowest BCUT2D eigenvalue weighted by Crippen LogP contribution is -2.42. The van der Waals surface area contributed by atoms with E-state index in [4.69, 9.17) is 15.2 Å². The van der Waals surface area contributed by atoms with Gasteiger partial charge in [-0.3, -0.25) is 9.69 Å². The Balaban J connectivity index is 2.03. The number of nitrogens with one attached hydrogen (secondary N) is 1. The van der Waals surface area contributed by atoms with Gasteiger partial charge in [-0.05, 0) is 30.0 Å². The van der Waals surface area contributed by atoms with Crippen LogP contribution >= 0.6 is 0 Å². The van der Waals surface area contributed by atoms with Crippen LogP contribution in [0.5, 0.6) is 11.5 Å². The molecule has 0 radical (unpaired) electrons. The van der Waals surface area contributed by atoms with E-state index < -0.39 is 5.92 Å². The third kappa shape index (κ3) is 3.30. The normalized spacial score (nSPS) is 20.4. The second kappa shape index (κ2) is 7.47. The van der Waals surface area contributed by atoms with Gasteiger partial charge in [0.1, 0.15) is 23.6 Å². The van der Waals surface area contributed by atoms with Gasteiger partial charge in [-0.25, -0.2) is 5.10 Å². The standard InChI is InChI=1S/C22H24N6O3/c1-22(2)8-15-19(16(29)9-22)18(13-7-12(30-3)5-6-17(13)31-4)14(10-23)20(24)28(15)21-25-11-26-27-21/h5-7,11,18H,8-9,24H2,1-4H3,(H,25,26,27)/t18-/m1/s1. The number of carbonyl (C=O) groups excluding carboxylic acids is 1. The van der Waals surface area contributed by atoms with E-state index in [9.17, 15) is 10.1 Å². The van der Waals surface area contributed by atoms with E-state index in [1.165, 1.54) is 6.33 Å². The number of allylic oxidation sites excluding steroid dienone is 3. The Labute approximate surface area is 180 Å². The van der Waals surface area contributed by atoms with Gasteiger partial charge in [0.25, 0.3) is 0 Å². The van der Waals surface area contributed by atoms with E-state index in [2.05, 4.69) is 21.3 Å². The highest BCUT2D eigenvalue weighted by Gasteiger charge is 2.46. The molecule has 0 unspecified atom stereocenters. The molecule has 1 aromatic heterocycles. The number of aromatic nitrogens is 3. The van der Waals surface area contributed by atoms with Gasteiger partial charge in [-0.2, -0.15) is 15.3 Å². The van der Waals surface area contributed by atoms with Crippen LogP contribution in [0.4, 0.5) is 5.95 Å². The number of Topliss-reactive ketones (excluding diaryl/α,β-unsaturated/α-hetero) is 1. The van der Waals surface area contributed by atoms with E-state index in [0.29, 0.717) is 47.1 Å². The second-order valence-electron chi connectivity index (χ2n) is 8.40. The summed E-state index contributed by atoms with van der Waals surface area (Å²) in [6.07, 6.45) is 2.30. The van der Waals surface area contributed by atoms with Crippen molar-refractivity contribution in [1.29, 1.82) is 5.26 Å². The van der Waals surface area contributed by atoms with Crippen molar-refractivity contribution >= 4 is 11.7 Å². The molecule has 0 saturated carbocycles. The molecule has 1 aromatic carbocycles. The van der Waals surface area contributed by atoms with Crippen LogP contribution in [0, 0.1) is 16.7 Å². The number of benzene rings is 1. The number of rotatable bonds is 4. The molecule has 0 saturated heterocycles. The van der Waals surface area contributed by atoms with Crippen molar-refractivity contribution in [2.45, 2.75) is 32.6 Å². The minimum atomic E-state index is -0.673. The van der Waals surface area contributed by atoms with Gasteiger partial charge < -0.3 is 15.2 Å². The Morgan fingerprint density at radius 3 is 2.68 bits per heavy atom. The lowest BCUT2D eigenvalue weighted by Gasteiger charge is -2.42. The van der Waals surface area contributed by atoms with Crippen molar-refractivity contribution in [1.82, 2.24) is 15.2 Å². The highest BCUT2D eigenvalue weighted by Crippen LogP contribution is 2.51.